The fraction of sp³-hybridized carbons (Fsp3) is 0.455. The maximum Gasteiger partial charge on any atom is 0.301 e. The maximum absolute atomic E-state index is 13.4. The number of nitrogens with one attached hydrogen (secondary N) is 2. The highest BCUT2D eigenvalue weighted by molar-refractivity contribution is 7.90. The van der Waals surface area contributed by atoms with Gasteiger partial charge in [0.25, 0.3) is 0 Å². The first-order chi connectivity index (χ1) is 9.70. The van der Waals surface area contributed by atoms with Crippen LogP contribution in [0.15, 0.2) is 6.07 Å². The van der Waals surface area contributed by atoms with Crippen molar-refractivity contribution in [2.24, 2.45) is 0 Å². The summed E-state index contributed by atoms with van der Waals surface area (Å²) in [6.07, 6.45) is 0.441. The van der Waals surface area contributed by atoms with E-state index in [0.29, 0.717) is 13.0 Å². The summed E-state index contributed by atoms with van der Waals surface area (Å²) in [4.78, 5) is 0. The lowest BCUT2D eigenvalue weighted by molar-refractivity contribution is 0.452. The Morgan fingerprint density at radius 3 is 2.14 bits per heavy atom. The van der Waals surface area contributed by atoms with Crippen LogP contribution in [0, 0.1) is 23.3 Å². The Morgan fingerprint density at radius 2 is 1.67 bits per heavy atom. The van der Waals surface area contributed by atoms with E-state index in [9.17, 15) is 26.0 Å². The van der Waals surface area contributed by atoms with Crippen molar-refractivity contribution in [2.75, 3.05) is 31.9 Å². The molecule has 120 valence electrons. The molecule has 1 rings (SSSR count). The van der Waals surface area contributed by atoms with E-state index in [1.54, 1.807) is 7.05 Å². The second-order valence-electron chi connectivity index (χ2n) is 4.23. The molecule has 10 heteroatoms. The van der Waals surface area contributed by atoms with Crippen LogP contribution in [-0.2, 0) is 10.2 Å². The van der Waals surface area contributed by atoms with Gasteiger partial charge in [-0.15, -0.1) is 0 Å². The third-order valence-corrected chi connectivity index (χ3v) is 4.12. The first-order valence-electron chi connectivity index (χ1n) is 5.92. The minimum Gasteiger partial charge on any atom is -0.320 e. The summed E-state index contributed by atoms with van der Waals surface area (Å²) in [5.74, 6) is -6.99. The Morgan fingerprint density at radius 1 is 1.14 bits per heavy atom. The van der Waals surface area contributed by atoms with Crippen molar-refractivity contribution in [2.45, 2.75) is 6.42 Å². The van der Waals surface area contributed by atoms with Crippen molar-refractivity contribution in [3.8, 4) is 0 Å². The standard InChI is InChI=1S/C11H15F4N3O2S/c1-16-4-3-5-18(2)21(19,20)17-11-9(14)7(12)6-8(13)10(11)15/h6,16-17H,3-5H2,1-2H3. The first-order valence-corrected chi connectivity index (χ1v) is 7.36. The molecule has 0 radical (unpaired) electrons. The zero-order valence-electron chi connectivity index (χ0n) is 11.4. The molecule has 0 unspecified atom stereocenters. The average Bonchev–Trinajstić information content (AvgIpc) is 2.41. The minimum atomic E-state index is -4.33. The molecule has 0 heterocycles. The molecule has 0 spiro atoms. The van der Waals surface area contributed by atoms with Crippen molar-refractivity contribution in [1.82, 2.24) is 9.62 Å². The zero-order chi connectivity index (χ0) is 16.2. The van der Waals surface area contributed by atoms with Gasteiger partial charge in [0.2, 0.25) is 0 Å². The lowest BCUT2D eigenvalue weighted by Gasteiger charge is -2.19. The topological polar surface area (TPSA) is 61.4 Å². The minimum absolute atomic E-state index is 0.000895. The molecule has 2 N–H and O–H groups in total. The van der Waals surface area contributed by atoms with Crippen LogP contribution in [0.25, 0.3) is 0 Å². The molecular formula is C11H15F4N3O2S. The van der Waals surface area contributed by atoms with Crippen molar-refractivity contribution in [1.29, 1.82) is 0 Å². The number of hydrogen-bond donors (Lipinski definition) is 2. The van der Waals surface area contributed by atoms with E-state index in [-0.39, 0.29) is 12.6 Å². The fourth-order valence-electron chi connectivity index (χ4n) is 1.47. The van der Waals surface area contributed by atoms with Gasteiger partial charge in [-0.2, -0.15) is 12.7 Å². The molecule has 0 amide bonds. The van der Waals surface area contributed by atoms with Crippen molar-refractivity contribution in [3.63, 3.8) is 0 Å². The lowest BCUT2D eigenvalue weighted by Crippen LogP contribution is -2.35. The van der Waals surface area contributed by atoms with Gasteiger partial charge in [-0.1, -0.05) is 0 Å². The molecule has 0 saturated carbocycles. The monoisotopic (exact) mass is 329 g/mol. The summed E-state index contributed by atoms with van der Waals surface area (Å²) >= 11 is 0. The number of anilines is 1. The van der Waals surface area contributed by atoms with Crippen molar-refractivity contribution in [3.05, 3.63) is 29.3 Å². The van der Waals surface area contributed by atoms with Gasteiger partial charge >= 0.3 is 10.2 Å². The molecule has 0 bridgehead atoms. The summed E-state index contributed by atoms with van der Waals surface area (Å²) in [7, 11) is -1.49. The van der Waals surface area contributed by atoms with E-state index >= 15 is 0 Å². The van der Waals surface area contributed by atoms with E-state index in [0.717, 1.165) is 4.31 Å². The number of rotatable bonds is 7. The van der Waals surface area contributed by atoms with Crippen LogP contribution < -0.4 is 10.0 Å². The predicted octanol–water partition coefficient (Wildman–Crippen LogP) is 1.44. The smallest absolute Gasteiger partial charge is 0.301 e. The maximum atomic E-state index is 13.4. The van der Waals surface area contributed by atoms with Crippen LogP contribution in [0.5, 0.6) is 0 Å². The van der Waals surface area contributed by atoms with Gasteiger partial charge in [0.1, 0.15) is 5.69 Å². The highest BCUT2D eigenvalue weighted by Crippen LogP contribution is 2.25. The van der Waals surface area contributed by atoms with Crippen LogP contribution in [0.4, 0.5) is 23.2 Å². The van der Waals surface area contributed by atoms with Gasteiger partial charge in [-0.25, -0.2) is 17.6 Å². The summed E-state index contributed by atoms with van der Waals surface area (Å²) in [6.45, 7) is 0.578. The normalized spacial score (nSPS) is 12.0. The number of halogens is 4. The van der Waals surface area contributed by atoms with E-state index < -0.39 is 39.2 Å². The van der Waals surface area contributed by atoms with E-state index in [1.807, 2.05) is 0 Å². The Balaban J connectivity index is 2.99. The number of benzene rings is 1. The summed E-state index contributed by atoms with van der Waals surface area (Å²) in [5.41, 5.74) is -1.38. The quantitative estimate of drug-likeness (QED) is 0.452. The fourth-order valence-corrected chi connectivity index (χ4v) is 2.43. The van der Waals surface area contributed by atoms with Gasteiger partial charge in [0.15, 0.2) is 23.3 Å². The SMILES string of the molecule is CNCCCN(C)S(=O)(=O)Nc1c(F)c(F)cc(F)c1F. The lowest BCUT2D eigenvalue weighted by atomic mass is 10.3. The molecule has 0 aliphatic heterocycles. The molecule has 0 fully saturated rings. The third kappa shape index (κ3) is 4.29. The van der Waals surface area contributed by atoms with Crippen LogP contribution >= 0.6 is 0 Å². The highest BCUT2D eigenvalue weighted by atomic mass is 32.2. The Hall–Kier alpha value is -1.39. The summed E-state index contributed by atoms with van der Waals surface area (Å²) in [6, 6.07) is -0.000895. The predicted molar refractivity (Wildman–Crippen MR) is 70.0 cm³/mol. The molecule has 0 atom stereocenters. The zero-order valence-corrected chi connectivity index (χ0v) is 12.2. The Kier molecular flexibility index (Phi) is 5.93. The molecule has 0 saturated heterocycles. The van der Waals surface area contributed by atoms with Crippen LogP contribution in [-0.4, -0.2) is 39.9 Å². The van der Waals surface area contributed by atoms with Crippen LogP contribution in [0.1, 0.15) is 6.42 Å². The first kappa shape index (κ1) is 17.7. The van der Waals surface area contributed by atoms with E-state index in [4.69, 9.17) is 0 Å². The number of hydrogen-bond acceptors (Lipinski definition) is 3. The average molecular weight is 329 g/mol. The second kappa shape index (κ2) is 7.05. The summed E-state index contributed by atoms with van der Waals surface area (Å²) in [5, 5.41) is 2.80. The second-order valence-corrected chi connectivity index (χ2v) is 6.01. The van der Waals surface area contributed by atoms with Gasteiger partial charge < -0.3 is 5.32 Å². The van der Waals surface area contributed by atoms with Gasteiger partial charge in [-0.05, 0) is 20.0 Å². The molecular weight excluding hydrogens is 314 g/mol. The van der Waals surface area contributed by atoms with Crippen molar-refractivity contribution < 1.29 is 26.0 Å². The van der Waals surface area contributed by atoms with Gasteiger partial charge in [-0.3, -0.25) is 4.72 Å². The van der Waals surface area contributed by atoms with Crippen LogP contribution in [0.2, 0.25) is 0 Å². The van der Waals surface area contributed by atoms with Gasteiger partial charge in [0, 0.05) is 19.7 Å². The molecule has 1 aromatic carbocycles. The van der Waals surface area contributed by atoms with E-state index in [1.165, 1.54) is 11.8 Å². The molecule has 1 aromatic rings. The third-order valence-electron chi connectivity index (χ3n) is 2.65. The van der Waals surface area contributed by atoms with Crippen molar-refractivity contribution >= 4 is 15.9 Å². The number of nitrogens with zero attached hydrogens (tertiary/aromatic N) is 1. The van der Waals surface area contributed by atoms with Gasteiger partial charge in [0.05, 0.1) is 0 Å². The summed E-state index contributed by atoms with van der Waals surface area (Å²) < 4.78 is 78.8. The Labute approximate surface area is 120 Å². The molecule has 21 heavy (non-hydrogen) atoms. The van der Waals surface area contributed by atoms with E-state index in [2.05, 4.69) is 5.32 Å². The molecule has 0 aromatic heterocycles. The largest absolute Gasteiger partial charge is 0.320 e. The highest BCUT2D eigenvalue weighted by Gasteiger charge is 2.25. The molecule has 0 aliphatic rings. The Bertz CT molecular complexity index is 584. The van der Waals surface area contributed by atoms with Crippen LogP contribution in [0.3, 0.4) is 0 Å². The molecule has 0 aliphatic carbocycles. The molecule has 5 nitrogen and oxygen atoms in total.